The van der Waals surface area contributed by atoms with E-state index in [0.717, 1.165) is 22.6 Å². The van der Waals surface area contributed by atoms with Gasteiger partial charge in [0.1, 0.15) is 0 Å². The molecular formula is C11H12N6OS. The fraction of sp³-hybridized carbons (Fsp3) is 0.273. The number of nitrogens with one attached hydrogen (secondary N) is 1. The predicted octanol–water partition coefficient (Wildman–Crippen LogP) is 0.828. The van der Waals surface area contributed by atoms with Crippen molar-refractivity contribution in [3.8, 4) is 0 Å². The summed E-state index contributed by atoms with van der Waals surface area (Å²) in [6.07, 6.45) is 1.23. The van der Waals surface area contributed by atoms with Crippen LogP contribution in [0, 0.1) is 0 Å². The molecule has 0 saturated heterocycles. The summed E-state index contributed by atoms with van der Waals surface area (Å²) in [4.78, 5) is 12.2. The van der Waals surface area contributed by atoms with Crippen molar-refractivity contribution in [3.63, 3.8) is 0 Å². The molecule has 0 atom stereocenters. The topological polar surface area (TPSA) is 98.7 Å². The Labute approximate surface area is 113 Å². The highest BCUT2D eigenvalue weighted by atomic mass is 32.2. The van der Waals surface area contributed by atoms with Crippen LogP contribution >= 0.6 is 11.8 Å². The molecule has 1 aromatic heterocycles. The lowest BCUT2D eigenvalue weighted by Gasteiger charge is -2.18. The molecule has 3 rings (SSSR count). The number of fused-ring (bicyclic) bond motifs is 1. The van der Waals surface area contributed by atoms with Gasteiger partial charge >= 0.3 is 0 Å². The molecule has 19 heavy (non-hydrogen) atoms. The van der Waals surface area contributed by atoms with Crippen molar-refractivity contribution in [2.75, 3.05) is 11.1 Å². The van der Waals surface area contributed by atoms with E-state index < -0.39 is 0 Å². The van der Waals surface area contributed by atoms with Gasteiger partial charge in [0.15, 0.2) is 0 Å². The molecule has 0 bridgehead atoms. The molecule has 0 aliphatic carbocycles. The summed E-state index contributed by atoms with van der Waals surface area (Å²) >= 11 is 1.37. The average molecular weight is 276 g/mol. The number of nitrogens with two attached hydrogens (primary N) is 1. The first kappa shape index (κ1) is 12.0. The first-order chi connectivity index (χ1) is 9.13. The summed E-state index contributed by atoms with van der Waals surface area (Å²) in [5.41, 5.74) is 8.59. The van der Waals surface area contributed by atoms with Crippen LogP contribution in [-0.2, 0) is 18.3 Å². The molecule has 0 saturated carbocycles. The van der Waals surface area contributed by atoms with Gasteiger partial charge in [-0.1, -0.05) is 0 Å². The molecule has 1 amide bonds. The quantitative estimate of drug-likeness (QED) is 0.788. The summed E-state index contributed by atoms with van der Waals surface area (Å²) in [7, 11) is 1.76. The van der Waals surface area contributed by atoms with E-state index in [9.17, 15) is 4.79 Å². The summed E-state index contributed by atoms with van der Waals surface area (Å²) in [6, 6.07) is 3.78. The van der Waals surface area contributed by atoms with Gasteiger partial charge in [0.05, 0.1) is 0 Å². The number of hydrogen-bond donors (Lipinski definition) is 2. The van der Waals surface area contributed by atoms with Gasteiger partial charge in [-0.3, -0.25) is 4.79 Å². The standard InChI is InChI=1S/C11H12N6OS/c1-17-11(14-15-16-17)19-9-5-8-6(4-7(9)12)2-3-10(18)13-8/h4-5H,2-3,12H2,1H3,(H,13,18). The molecule has 0 radical (unpaired) electrons. The molecule has 0 spiro atoms. The fourth-order valence-electron chi connectivity index (χ4n) is 1.92. The second kappa shape index (κ2) is 4.54. The van der Waals surface area contributed by atoms with E-state index in [4.69, 9.17) is 5.73 Å². The van der Waals surface area contributed by atoms with Crippen molar-refractivity contribution in [1.82, 2.24) is 20.2 Å². The van der Waals surface area contributed by atoms with Gasteiger partial charge in [-0.25, -0.2) is 4.68 Å². The highest BCUT2D eigenvalue weighted by molar-refractivity contribution is 7.99. The third kappa shape index (κ3) is 2.26. The Morgan fingerprint density at radius 3 is 3.00 bits per heavy atom. The molecular weight excluding hydrogens is 264 g/mol. The lowest BCUT2D eigenvalue weighted by molar-refractivity contribution is -0.116. The number of carbonyl (C=O) groups is 1. The van der Waals surface area contributed by atoms with Crippen molar-refractivity contribution >= 4 is 29.0 Å². The van der Waals surface area contributed by atoms with Crippen molar-refractivity contribution in [1.29, 1.82) is 0 Å². The summed E-state index contributed by atoms with van der Waals surface area (Å²) in [5.74, 6) is 0.0357. The Morgan fingerprint density at radius 1 is 1.42 bits per heavy atom. The van der Waals surface area contributed by atoms with Crippen LogP contribution < -0.4 is 11.1 Å². The first-order valence-corrected chi connectivity index (χ1v) is 6.57. The van der Waals surface area contributed by atoms with Crippen LogP contribution in [0.1, 0.15) is 12.0 Å². The Morgan fingerprint density at radius 2 is 2.26 bits per heavy atom. The predicted molar refractivity (Wildman–Crippen MR) is 70.7 cm³/mol. The van der Waals surface area contributed by atoms with E-state index in [1.165, 1.54) is 11.8 Å². The zero-order valence-electron chi connectivity index (χ0n) is 10.3. The van der Waals surface area contributed by atoms with Gasteiger partial charge in [-0.2, -0.15) is 0 Å². The van der Waals surface area contributed by atoms with Gasteiger partial charge in [0.2, 0.25) is 11.1 Å². The average Bonchev–Trinajstić information content (AvgIpc) is 2.77. The van der Waals surface area contributed by atoms with E-state index in [2.05, 4.69) is 20.8 Å². The number of nitrogens with zero attached hydrogens (tertiary/aromatic N) is 4. The minimum atomic E-state index is 0.0357. The smallest absolute Gasteiger partial charge is 0.224 e. The molecule has 0 unspecified atom stereocenters. The number of anilines is 2. The molecule has 8 heteroatoms. The van der Waals surface area contributed by atoms with Gasteiger partial charge in [-0.05, 0) is 46.3 Å². The SMILES string of the molecule is Cn1nnnc1Sc1cc2c(cc1N)CCC(=O)N2. The molecule has 2 heterocycles. The highest BCUT2D eigenvalue weighted by Crippen LogP contribution is 2.36. The van der Waals surface area contributed by atoms with E-state index >= 15 is 0 Å². The van der Waals surface area contributed by atoms with E-state index in [1.54, 1.807) is 11.7 Å². The van der Waals surface area contributed by atoms with Crippen LogP contribution in [0.15, 0.2) is 22.2 Å². The number of rotatable bonds is 2. The van der Waals surface area contributed by atoms with Crippen molar-refractivity contribution < 1.29 is 4.79 Å². The third-order valence-electron chi connectivity index (χ3n) is 2.91. The molecule has 1 aliphatic heterocycles. The third-order valence-corrected chi connectivity index (χ3v) is 4.02. The van der Waals surface area contributed by atoms with E-state index in [1.807, 2.05) is 12.1 Å². The minimum absolute atomic E-state index is 0.0357. The molecule has 1 aliphatic rings. The summed E-state index contributed by atoms with van der Waals surface area (Å²) < 4.78 is 1.57. The molecule has 1 aromatic carbocycles. The monoisotopic (exact) mass is 276 g/mol. The van der Waals surface area contributed by atoms with Crippen molar-refractivity contribution in [2.45, 2.75) is 22.9 Å². The Balaban J connectivity index is 1.96. The van der Waals surface area contributed by atoms with E-state index in [-0.39, 0.29) is 5.91 Å². The number of aryl methyl sites for hydroxylation is 2. The van der Waals surface area contributed by atoms with E-state index in [0.29, 0.717) is 17.3 Å². The lowest BCUT2D eigenvalue weighted by Crippen LogP contribution is -2.19. The van der Waals surface area contributed by atoms with Gasteiger partial charge in [0, 0.05) is 29.7 Å². The Hall–Kier alpha value is -2.09. The molecule has 0 fully saturated rings. The number of benzene rings is 1. The number of amides is 1. The highest BCUT2D eigenvalue weighted by Gasteiger charge is 2.18. The van der Waals surface area contributed by atoms with Crippen LogP contribution in [0.5, 0.6) is 0 Å². The molecule has 3 N–H and O–H groups in total. The largest absolute Gasteiger partial charge is 0.398 e. The first-order valence-electron chi connectivity index (χ1n) is 5.76. The van der Waals surface area contributed by atoms with Gasteiger partial charge in [0.25, 0.3) is 0 Å². The number of aromatic nitrogens is 4. The van der Waals surface area contributed by atoms with Gasteiger partial charge in [-0.15, -0.1) is 5.10 Å². The normalized spacial score (nSPS) is 14.1. The summed E-state index contributed by atoms with van der Waals surface area (Å²) in [6.45, 7) is 0. The fourth-order valence-corrected chi connectivity index (χ4v) is 2.72. The zero-order chi connectivity index (χ0) is 13.4. The number of nitrogen functional groups attached to an aromatic ring is 1. The number of hydrogen-bond acceptors (Lipinski definition) is 6. The molecule has 2 aromatic rings. The molecule has 98 valence electrons. The second-order valence-corrected chi connectivity index (χ2v) is 5.29. The van der Waals surface area contributed by atoms with Crippen molar-refractivity contribution in [2.24, 2.45) is 7.05 Å². The van der Waals surface area contributed by atoms with Crippen LogP contribution in [0.4, 0.5) is 11.4 Å². The number of carbonyl (C=O) groups excluding carboxylic acids is 1. The zero-order valence-corrected chi connectivity index (χ0v) is 11.1. The summed E-state index contributed by atoms with van der Waals surface area (Å²) in [5, 5.41) is 14.7. The lowest BCUT2D eigenvalue weighted by atomic mass is 10.0. The maximum atomic E-state index is 11.4. The Bertz CT molecular complexity index is 653. The maximum Gasteiger partial charge on any atom is 0.224 e. The Kier molecular flexibility index (Phi) is 2.86. The van der Waals surface area contributed by atoms with Crippen LogP contribution in [-0.4, -0.2) is 26.1 Å². The van der Waals surface area contributed by atoms with Gasteiger partial charge < -0.3 is 11.1 Å². The van der Waals surface area contributed by atoms with Crippen LogP contribution in [0.3, 0.4) is 0 Å². The maximum absolute atomic E-state index is 11.4. The number of tetrazole rings is 1. The second-order valence-electron chi connectivity index (χ2n) is 4.28. The minimum Gasteiger partial charge on any atom is -0.398 e. The van der Waals surface area contributed by atoms with Crippen molar-refractivity contribution in [3.05, 3.63) is 17.7 Å². The molecule has 7 nitrogen and oxygen atoms in total. The van der Waals surface area contributed by atoms with Crippen LogP contribution in [0.25, 0.3) is 0 Å². The van der Waals surface area contributed by atoms with Crippen LogP contribution in [0.2, 0.25) is 0 Å².